The number of rotatable bonds is 59. The van der Waals surface area contributed by atoms with Gasteiger partial charge in [-0.15, -0.1) is 0 Å². The minimum Gasteiger partial charge on any atom is -0.496 e. The van der Waals surface area contributed by atoms with Crippen molar-refractivity contribution in [2.45, 2.75) is 367 Å². The fourth-order valence-corrected chi connectivity index (χ4v) is 11.7. The van der Waals surface area contributed by atoms with E-state index < -0.39 is 0 Å². The van der Waals surface area contributed by atoms with Crippen LogP contribution in [0.2, 0.25) is 0 Å². The molecule has 0 amide bonds. The van der Waals surface area contributed by atoms with E-state index in [-0.39, 0.29) is 24.9 Å². The number of unbranched alkanes of at least 4 members (excludes halogenated alkanes) is 45. The van der Waals surface area contributed by atoms with Gasteiger partial charge in [0.2, 0.25) is 0 Å². The third-order valence-electron chi connectivity index (χ3n) is 16.7. The summed E-state index contributed by atoms with van der Waals surface area (Å²) in [6, 6.07) is 5.78. The van der Waals surface area contributed by atoms with E-state index >= 15 is 0 Å². The van der Waals surface area contributed by atoms with Gasteiger partial charge in [-0.25, -0.2) is 0 Å². The van der Waals surface area contributed by atoms with Crippen LogP contribution in [0.1, 0.15) is 347 Å². The maximum absolute atomic E-state index is 9.82. The van der Waals surface area contributed by atoms with E-state index in [4.69, 9.17) is 23.7 Å². The highest BCUT2D eigenvalue weighted by atomic mass is 16.6. The summed E-state index contributed by atoms with van der Waals surface area (Å²) >= 11 is 0. The van der Waals surface area contributed by atoms with Crippen LogP contribution in [0.3, 0.4) is 0 Å². The molecule has 6 heteroatoms. The normalized spacial score (nSPS) is 16.8. The second kappa shape index (κ2) is 54.6. The third kappa shape index (κ3) is 41.4. The van der Waals surface area contributed by atoms with Crippen molar-refractivity contribution in [3.8, 4) is 11.5 Å². The Kier molecular flexibility index (Phi) is 50.8. The highest BCUT2D eigenvalue weighted by Crippen LogP contribution is 2.34. The molecule has 0 aromatic heterocycles. The molecule has 0 heterocycles. The van der Waals surface area contributed by atoms with Crippen LogP contribution in [0, 0.1) is 5.92 Å². The van der Waals surface area contributed by atoms with E-state index in [1.54, 1.807) is 7.11 Å². The molecule has 0 spiro atoms. The van der Waals surface area contributed by atoms with Gasteiger partial charge in [-0.05, 0) is 50.2 Å². The number of aliphatic hydroxyl groups is 1. The number of hydrogen-bond donors (Lipinski definition) is 1. The fraction of sp³-hybridized carbons (Fsp3) is 0.913. The number of hydrogen-bond acceptors (Lipinski definition) is 6. The van der Waals surface area contributed by atoms with Gasteiger partial charge in [-0.3, -0.25) is 0 Å². The van der Waals surface area contributed by atoms with Crippen LogP contribution in [0.4, 0.5) is 0 Å². The van der Waals surface area contributed by atoms with Crippen molar-refractivity contribution < 1.29 is 28.8 Å². The minimum atomic E-state index is -0.0518. The molecule has 0 radical (unpaired) electrons. The van der Waals surface area contributed by atoms with E-state index in [0.29, 0.717) is 18.3 Å². The second-order valence-electron chi connectivity index (χ2n) is 23.8. The molecule has 442 valence electrons. The Bertz CT molecular complexity index is 1240. The lowest BCUT2D eigenvalue weighted by Crippen LogP contribution is -2.50. The van der Waals surface area contributed by atoms with Crippen LogP contribution >= 0.6 is 0 Å². The lowest BCUT2D eigenvalue weighted by Gasteiger charge is -2.41. The van der Waals surface area contributed by atoms with Crippen LogP contribution in [-0.2, 0) is 20.8 Å². The monoisotopic (exact) mass is 1050 g/mol. The van der Waals surface area contributed by atoms with Crippen LogP contribution in [0.15, 0.2) is 18.2 Å². The maximum atomic E-state index is 9.82. The average Bonchev–Trinajstić information content (AvgIpc) is 3.43. The van der Waals surface area contributed by atoms with Crippen molar-refractivity contribution in [1.29, 1.82) is 0 Å². The molecule has 0 aliphatic heterocycles. The standard InChI is InChI=1S/C69H130O6/c1-5-8-11-14-17-20-23-26-29-32-35-38-41-44-47-50-55-72-67-58-63(62-75-65-54-53-64(61-70)66(60-65)71-4)59-68(73-56-51-48-45-42-39-36-33-30-27-24-21-18-15-12-9-6-2)69(67)74-57-52-49-46-43-40-37-34-31-28-25-22-19-16-13-10-7-3/h53-54,60,63,67-70H,5-52,55-59,61-62H2,1-4H3. The number of benzene rings is 1. The van der Waals surface area contributed by atoms with Gasteiger partial charge in [-0.2, -0.15) is 0 Å². The third-order valence-corrected chi connectivity index (χ3v) is 16.7. The minimum absolute atomic E-state index is 0.00634. The summed E-state index contributed by atoms with van der Waals surface area (Å²) in [6.45, 7) is 9.85. The van der Waals surface area contributed by atoms with Crippen molar-refractivity contribution in [3.63, 3.8) is 0 Å². The Morgan fingerprint density at radius 1 is 0.373 bits per heavy atom. The number of aliphatic hydroxyl groups excluding tert-OH is 1. The zero-order valence-corrected chi connectivity index (χ0v) is 50.9. The molecular weight excluding hydrogens is 925 g/mol. The Labute approximate surface area is 468 Å². The molecule has 1 aromatic rings. The lowest BCUT2D eigenvalue weighted by atomic mass is 9.83. The van der Waals surface area contributed by atoms with Gasteiger partial charge in [0.15, 0.2) is 0 Å². The van der Waals surface area contributed by atoms with Gasteiger partial charge < -0.3 is 28.8 Å². The van der Waals surface area contributed by atoms with Crippen molar-refractivity contribution in [1.82, 2.24) is 0 Å². The van der Waals surface area contributed by atoms with Gasteiger partial charge in [0.1, 0.15) is 17.6 Å². The summed E-state index contributed by atoms with van der Waals surface area (Å²) in [7, 11) is 1.65. The largest absolute Gasteiger partial charge is 0.496 e. The number of ether oxygens (including phenoxy) is 5. The van der Waals surface area contributed by atoms with Crippen molar-refractivity contribution in [3.05, 3.63) is 23.8 Å². The van der Waals surface area contributed by atoms with E-state index in [1.165, 1.54) is 289 Å². The van der Waals surface area contributed by atoms with Crippen molar-refractivity contribution in [2.24, 2.45) is 5.92 Å². The Morgan fingerprint density at radius 2 is 0.653 bits per heavy atom. The summed E-state index contributed by atoms with van der Waals surface area (Å²) in [6.07, 6.45) is 67.9. The molecule has 0 bridgehead atoms. The van der Waals surface area contributed by atoms with Gasteiger partial charge in [0, 0.05) is 31.5 Å². The topological polar surface area (TPSA) is 66.4 Å². The molecule has 75 heavy (non-hydrogen) atoms. The molecule has 1 N–H and O–H groups in total. The summed E-state index contributed by atoms with van der Waals surface area (Å²) in [5, 5.41) is 9.82. The average molecular weight is 1060 g/mol. The molecule has 1 aliphatic rings. The summed E-state index contributed by atoms with van der Waals surface area (Å²) in [5.41, 5.74) is 0.775. The van der Waals surface area contributed by atoms with Gasteiger partial charge >= 0.3 is 0 Å². The first-order valence-electron chi connectivity index (χ1n) is 33.9. The first-order valence-corrected chi connectivity index (χ1v) is 33.9. The number of methoxy groups -OCH3 is 1. The smallest absolute Gasteiger partial charge is 0.128 e. The van der Waals surface area contributed by atoms with E-state index in [2.05, 4.69) is 20.8 Å². The molecule has 2 unspecified atom stereocenters. The lowest BCUT2D eigenvalue weighted by molar-refractivity contribution is -0.172. The SMILES string of the molecule is CCCCCCCCCCCCCCCCCCOC1CC(COc2ccc(CO)c(OC)c2)CC(OCCCCCCCCCCCCCCCCCC)C1OCCCCCCCCCCCCCCCCCC. The van der Waals surface area contributed by atoms with E-state index in [1.807, 2.05) is 18.2 Å². The predicted octanol–water partition coefficient (Wildman–Crippen LogP) is 21.9. The molecule has 1 fully saturated rings. The predicted molar refractivity (Wildman–Crippen MR) is 325 cm³/mol. The van der Waals surface area contributed by atoms with Gasteiger partial charge in [0.25, 0.3) is 0 Å². The van der Waals surface area contributed by atoms with E-state index in [9.17, 15) is 5.11 Å². The molecule has 1 saturated carbocycles. The first kappa shape index (κ1) is 69.8. The summed E-state index contributed by atoms with van der Waals surface area (Å²) in [5.74, 6) is 1.75. The van der Waals surface area contributed by atoms with Crippen LogP contribution in [-0.4, -0.2) is 57.0 Å². The van der Waals surface area contributed by atoms with Crippen LogP contribution in [0.25, 0.3) is 0 Å². The van der Waals surface area contributed by atoms with Crippen LogP contribution < -0.4 is 9.47 Å². The second-order valence-corrected chi connectivity index (χ2v) is 23.8. The zero-order valence-electron chi connectivity index (χ0n) is 50.9. The molecule has 2 atom stereocenters. The Hall–Kier alpha value is -1.34. The summed E-state index contributed by atoms with van der Waals surface area (Å²) < 4.78 is 32.8. The van der Waals surface area contributed by atoms with E-state index in [0.717, 1.165) is 63.2 Å². The Balaban J connectivity index is 1.86. The molecule has 2 rings (SSSR count). The highest BCUT2D eigenvalue weighted by molar-refractivity contribution is 5.40. The van der Waals surface area contributed by atoms with Crippen LogP contribution in [0.5, 0.6) is 11.5 Å². The maximum Gasteiger partial charge on any atom is 0.128 e. The highest BCUT2D eigenvalue weighted by Gasteiger charge is 2.40. The van der Waals surface area contributed by atoms with Crippen molar-refractivity contribution >= 4 is 0 Å². The summed E-state index contributed by atoms with van der Waals surface area (Å²) in [4.78, 5) is 0. The first-order chi connectivity index (χ1) is 37.2. The Morgan fingerprint density at radius 3 is 0.933 bits per heavy atom. The molecular formula is C69H130O6. The quantitative estimate of drug-likeness (QED) is 0.0656. The molecule has 0 saturated heterocycles. The van der Waals surface area contributed by atoms with Gasteiger partial charge in [0.05, 0.1) is 32.5 Å². The molecule has 6 nitrogen and oxygen atoms in total. The molecule has 1 aliphatic carbocycles. The molecule has 1 aromatic carbocycles. The zero-order chi connectivity index (χ0) is 53.6. The van der Waals surface area contributed by atoms with Gasteiger partial charge in [-0.1, -0.05) is 310 Å². The fourth-order valence-electron chi connectivity index (χ4n) is 11.7. The van der Waals surface area contributed by atoms with Crippen molar-refractivity contribution in [2.75, 3.05) is 33.5 Å².